The van der Waals surface area contributed by atoms with E-state index < -0.39 is 0 Å². The molecule has 2 N–H and O–H groups in total. The first-order chi connectivity index (χ1) is 9.15. The van der Waals surface area contributed by atoms with Gasteiger partial charge in [0.1, 0.15) is 5.75 Å². The first-order valence-electron chi connectivity index (χ1n) is 6.81. The van der Waals surface area contributed by atoms with Crippen LogP contribution in [-0.2, 0) is 11.2 Å². The number of carbonyl (C=O) groups excluding carboxylic acids is 1. The van der Waals surface area contributed by atoms with Gasteiger partial charge in [0.2, 0.25) is 5.91 Å². The van der Waals surface area contributed by atoms with Crippen LogP contribution in [0.25, 0.3) is 0 Å². The summed E-state index contributed by atoms with van der Waals surface area (Å²) in [5.41, 5.74) is 1.15. The molecule has 0 radical (unpaired) electrons. The summed E-state index contributed by atoms with van der Waals surface area (Å²) in [6.45, 7) is 5.33. The third kappa shape index (κ3) is 6.25. The van der Waals surface area contributed by atoms with Gasteiger partial charge in [-0.3, -0.25) is 4.79 Å². The largest absolute Gasteiger partial charge is 0.494 e. The molecule has 0 spiro atoms. The average molecular weight is 264 g/mol. The van der Waals surface area contributed by atoms with E-state index in [1.165, 1.54) is 0 Å². The fourth-order valence-electron chi connectivity index (χ4n) is 1.63. The predicted octanol–water partition coefficient (Wildman–Crippen LogP) is 1.74. The highest BCUT2D eigenvalue weighted by Crippen LogP contribution is 2.13. The maximum atomic E-state index is 11.6. The summed E-state index contributed by atoms with van der Waals surface area (Å²) in [5, 5.41) is 5.99. The van der Waals surface area contributed by atoms with Crippen LogP contribution < -0.4 is 15.4 Å². The van der Waals surface area contributed by atoms with Crippen LogP contribution in [0.4, 0.5) is 0 Å². The van der Waals surface area contributed by atoms with E-state index in [0.29, 0.717) is 25.6 Å². The van der Waals surface area contributed by atoms with E-state index in [1.807, 2.05) is 45.2 Å². The van der Waals surface area contributed by atoms with Gasteiger partial charge in [0.05, 0.1) is 6.61 Å². The summed E-state index contributed by atoms with van der Waals surface area (Å²) in [7, 11) is 1.89. The number of carbonyl (C=O) groups is 1. The highest BCUT2D eigenvalue weighted by Gasteiger charge is 2.04. The second-order valence-electron chi connectivity index (χ2n) is 4.57. The fraction of sp³-hybridized carbons (Fsp3) is 0.533. The van der Waals surface area contributed by atoms with Gasteiger partial charge < -0.3 is 15.4 Å². The minimum absolute atomic E-state index is 0.0935. The molecule has 1 aromatic rings. The zero-order valence-corrected chi connectivity index (χ0v) is 12.0. The topological polar surface area (TPSA) is 50.4 Å². The number of nitrogens with one attached hydrogen (secondary N) is 2. The molecular weight excluding hydrogens is 240 g/mol. The molecule has 0 aliphatic rings. The molecule has 0 saturated carbocycles. The molecule has 19 heavy (non-hydrogen) atoms. The van der Waals surface area contributed by atoms with Crippen molar-refractivity contribution in [1.82, 2.24) is 10.6 Å². The number of benzene rings is 1. The quantitative estimate of drug-likeness (QED) is 0.752. The molecule has 0 aromatic heterocycles. The second kappa shape index (κ2) is 8.53. The monoisotopic (exact) mass is 264 g/mol. The molecule has 0 aliphatic heterocycles. The van der Waals surface area contributed by atoms with E-state index in [9.17, 15) is 4.79 Å². The molecule has 4 nitrogen and oxygen atoms in total. The molecule has 1 unspecified atom stereocenters. The van der Waals surface area contributed by atoms with Gasteiger partial charge in [-0.25, -0.2) is 0 Å². The number of likely N-dealkylation sites (N-methyl/N-ethyl adjacent to an activating group) is 1. The number of aryl methyl sites for hydroxylation is 1. The summed E-state index contributed by atoms with van der Waals surface area (Å²) < 4.78 is 5.38. The maximum absolute atomic E-state index is 11.6. The number of ether oxygens (including phenoxy) is 1. The Labute approximate surface area is 115 Å². The van der Waals surface area contributed by atoms with Crippen molar-refractivity contribution in [2.24, 2.45) is 0 Å². The molecule has 0 fully saturated rings. The van der Waals surface area contributed by atoms with E-state index in [1.54, 1.807) is 0 Å². The van der Waals surface area contributed by atoms with E-state index in [0.717, 1.165) is 17.7 Å². The Hall–Kier alpha value is -1.55. The molecule has 1 amide bonds. The minimum atomic E-state index is 0.0935. The Kier molecular flexibility index (Phi) is 6.97. The van der Waals surface area contributed by atoms with Crippen LogP contribution in [0.2, 0.25) is 0 Å². The Morgan fingerprint density at radius 1 is 1.32 bits per heavy atom. The minimum Gasteiger partial charge on any atom is -0.494 e. The van der Waals surface area contributed by atoms with Gasteiger partial charge in [-0.05, 0) is 45.0 Å². The van der Waals surface area contributed by atoms with Crippen molar-refractivity contribution in [2.45, 2.75) is 32.7 Å². The molecule has 1 aromatic carbocycles. The smallest absolute Gasteiger partial charge is 0.220 e. The highest BCUT2D eigenvalue weighted by molar-refractivity contribution is 5.76. The zero-order valence-electron chi connectivity index (χ0n) is 12.0. The Morgan fingerprint density at radius 3 is 2.58 bits per heavy atom. The van der Waals surface area contributed by atoms with Crippen LogP contribution in [0, 0.1) is 0 Å². The zero-order chi connectivity index (χ0) is 14.1. The van der Waals surface area contributed by atoms with Crippen LogP contribution in [-0.4, -0.2) is 32.1 Å². The fourth-order valence-corrected chi connectivity index (χ4v) is 1.63. The van der Waals surface area contributed by atoms with E-state index in [4.69, 9.17) is 4.74 Å². The molecule has 0 saturated heterocycles. The van der Waals surface area contributed by atoms with Crippen molar-refractivity contribution >= 4 is 5.91 Å². The second-order valence-corrected chi connectivity index (χ2v) is 4.57. The molecule has 4 heteroatoms. The molecular formula is C15H24N2O2. The molecule has 0 bridgehead atoms. The first kappa shape index (κ1) is 15.5. The van der Waals surface area contributed by atoms with Gasteiger partial charge >= 0.3 is 0 Å². The van der Waals surface area contributed by atoms with Crippen LogP contribution in [0.15, 0.2) is 24.3 Å². The lowest BCUT2D eigenvalue weighted by molar-refractivity contribution is -0.121. The van der Waals surface area contributed by atoms with Gasteiger partial charge in [0, 0.05) is 19.0 Å². The lowest BCUT2D eigenvalue weighted by Crippen LogP contribution is -2.37. The molecule has 0 aliphatic carbocycles. The Morgan fingerprint density at radius 2 is 2.00 bits per heavy atom. The third-order valence-corrected chi connectivity index (χ3v) is 2.97. The highest BCUT2D eigenvalue weighted by atomic mass is 16.5. The van der Waals surface area contributed by atoms with Crippen LogP contribution in [0.5, 0.6) is 5.75 Å². The summed E-state index contributed by atoms with van der Waals surface area (Å²) in [6, 6.07) is 8.21. The van der Waals surface area contributed by atoms with Crippen molar-refractivity contribution in [2.75, 3.05) is 20.2 Å². The average Bonchev–Trinajstić information content (AvgIpc) is 2.44. The predicted molar refractivity (Wildman–Crippen MR) is 77.5 cm³/mol. The molecule has 1 rings (SSSR count). The number of amides is 1. The summed E-state index contributed by atoms with van der Waals surface area (Å²) in [6.07, 6.45) is 1.27. The summed E-state index contributed by atoms with van der Waals surface area (Å²) in [4.78, 5) is 11.6. The van der Waals surface area contributed by atoms with Gasteiger partial charge in [-0.1, -0.05) is 12.1 Å². The normalized spacial score (nSPS) is 11.9. The van der Waals surface area contributed by atoms with Crippen LogP contribution in [0.1, 0.15) is 25.8 Å². The Balaban J connectivity index is 2.29. The van der Waals surface area contributed by atoms with Gasteiger partial charge in [-0.2, -0.15) is 0 Å². The van der Waals surface area contributed by atoms with Gasteiger partial charge in [-0.15, -0.1) is 0 Å². The van der Waals surface area contributed by atoms with Crippen LogP contribution >= 0.6 is 0 Å². The molecule has 1 atom stereocenters. The van der Waals surface area contributed by atoms with E-state index in [2.05, 4.69) is 10.6 Å². The van der Waals surface area contributed by atoms with Gasteiger partial charge in [0.25, 0.3) is 0 Å². The lowest BCUT2D eigenvalue weighted by atomic mass is 10.1. The lowest BCUT2D eigenvalue weighted by Gasteiger charge is -2.11. The van der Waals surface area contributed by atoms with Crippen molar-refractivity contribution < 1.29 is 9.53 Å². The SMILES string of the molecule is CCOc1ccc(CCC(=O)NCC(C)NC)cc1. The standard InChI is InChI=1S/C15H24N2O2/c1-4-19-14-8-5-13(6-9-14)7-10-15(18)17-11-12(2)16-3/h5-6,8-9,12,16H,4,7,10-11H2,1-3H3,(H,17,18). The number of hydrogen-bond donors (Lipinski definition) is 2. The summed E-state index contributed by atoms with van der Waals surface area (Å²) >= 11 is 0. The molecule has 106 valence electrons. The van der Waals surface area contributed by atoms with Crippen molar-refractivity contribution in [3.63, 3.8) is 0 Å². The van der Waals surface area contributed by atoms with E-state index >= 15 is 0 Å². The van der Waals surface area contributed by atoms with Gasteiger partial charge in [0.15, 0.2) is 0 Å². The number of hydrogen-bond acceptors (Lipinski definition) is 3. The van der Waals surface area contributed by atoms with Crippen molar-refractivity contribution in [1.29, 1.82) is 0 Å². The Bertz CT molecular complexity index is 376. The van der Waals surface area contributed by atoms with Crippen molar-refractivity contribution in [3.05, 3.63) is 29.8 Å². The van der Waals surface area contributed by atoms with Crippen molar-refractivity contribution in [3.8, 4) is 5.75 Å². The third-order valence-electron chi connectivity index (χ3n) is 2.97. The number of rotatable bonds is 8. The van der Waals surface area contributed by atoms with Crippen LogP contribution in [0.3, 0.4) is 0 Å². The first-order valence-corrected chi connectivity index (χ1v) is 6.81. The van der Waals surface area contributed by atoms with E-state index in [-0.39, 0.29) is 5.91 Å². The summed E-state index contributed by atoms with van der Waals surface area (Å²) in [5.74, 6) is 0.967. The maximum Gasteiger partial charge on any atom is 0.220 e. The molecule has 0 heterocycles.